The van der Waals surface area contributed by atoms with Crippen LogP contribution in [-0.2, 0) is 17.6 Å². The van der Waals surface area contributed by atoms with Crippen LogP contribution in [0.4, 0.5) is 11.4 Å². The number of anilines is 2. The van der Waals surface area contributed by atoms with Gasteiger partial charge < -0.3 is 10.6 Å². The van der Waals surface area contributed by atoms with Gasteiger partial charge in [0.2, 0.25) is 5.91 Å². The zero-order chi connectivity index (χ0) is 21.7. The Morgan fingerprint density at radius 1 is 1.06 bits per heavy atom. The van der Waals surface area contributed by atoms with Gasteiger partial charge in [0.05, 0.1) is 29.6 Å². The Kier molecular flexibility index (Phi) is 4.22. The summed E-state index contributed by atoms with van der Waals surface area (Å²) in [6, 6.07) is 20.8. The molecular weight excluding hydrogens is 398 g/mol. The van der Waals surface area contributed by atoms with Gasteiger partial charge in [-0.05, 0) is 72.4 Å². The maximum atomic E-state index is 11.7. The Balaban J connectivity index is 1.34. The molecule has 1 aliphatic carbocycles. The Morgan fingerprint density at radius 3 is 2.91 bits per heavy atom. The number of benzene rings is 3. The van der Waals surface area contributed by atoms with Crippen LogP contribution in [0.3, 0.4) is 0 Å². The molecule has 2 heterocycles. The first-order chi connectivity index (χ1) is 15.7. The summed E-state index contributed by atoms with van der Waals surface area (Å²) in [4.78, 5) is 11.7. The van der Waals surface area contributed by atoms with Gasteiger partial charge in [0.15, 0.2) is 0 Å². The van der Waals surface area contributed by atoms with Crippen molar-refractivity contribution < 1.29 is 4.79 Å². The van der Waals surface area contributed by atoms with E-state index >= 15 is 0 Å². The summed E-state index contributed by atoms with van der Waals surface area (Å²) in [6.07, 6.45) is 3.60. The van der Waals surface area contributed by atoms with Gasteiger partial charge in [-0.15, -0.1) is 0 Å². The van der Waals surface area contributed by atoms with Crippen molar-refractivity contribution >= 4 is 28.2 Å². The second-order valence-electron chi connectivity index (χ2n) is 8.54. The number of aromatic nitrogens is 2. The second-order valence-corrected chi connectivity index (χ2v) is 8.54. The number of nitriles is 1. The summed E-state index contributed by atoms with van der Waals surface area (Å²) in [5.74, 6) is 0.0326. The first kappa shape index (κ1) is 18.6. The molecule has 0 fully saturated rings. The van der Waals surface area contributed by atoms with Crippen molar-refractivity contribution in [2.24, 2.45) is 0 Å². The van der Waals surface area contributed by atoms with Crippen molar-refractivity contribution in [2.45, 2.75) is 31.7 Å². The molecule has 156 valence electrons. The number of carbonyl (C=O) groups is 1. The average Bonchev–Trinajstić information content (AvgIpc) is 3.40. The maximum Gasteiger partial charge on any atom is 0.228 e. The summed E-state index contributed by atoms with van der Waals surface area (Å²) in [7, 11) is 0. The molecule has 0 unspecified atom stereocenters. The van der Waals surface area contributed by atoms with Crippen LogP contribution in [0.1, 0.15) is 41.1 Å². The van der Waals surface area contributed by atoms with Crippen LogP contribution in [0.2, 0.25) is 0 Å². The van der Waals surface area contributed by atoms with Crippen molar-refractivity contribution in [2.75, 3.05) is 10.6 Å². The number of rotatable bonds is 3. The summed E-state index contributed by atoms with van der Waals surface area (Å²) in [6.45, 7) is 0. The fraction of sp³-hybridized carbons (Fsp3) is 0.192. The highest BCUT2D eigenvalue weighted by atomic mass is 16.1. The Hall–Kier alpha value is -4.11. The van der Waals surface area contributed by atoms with Gasteiger partial charge in [-0.1, -0.05) is 18.2 Å². The van der Waals surface area contributed by atoms with E-state index in [1.165, 1.54) is 11.1 Å². The minimum absolute atomic E-state index is 0.0326. The Bertz CT molecular complexity index is 1430. The van der Waals surface area contributed by atoms with Gasteiger partial charge >= 0.3 is 0 Å². The molecule has 6 rings (SSSR count). The average molecular weight is 419 g/mol. The summed E-state index contributed by atoms with van der Waals surface area (Å²) >= 11 is 0. The van der Waals surface area contributed by atoms with Crippen LogP contribution in [-0.4, -0.2) is 16.1 Å². The Morgan fingerprint density at radius 2 is 2.00 bits per heavy atom. The first-order valence-electron chi connectivity index (χ1n) is 10.9. The molecule has 4 aromatic rings. The van der Waals surface area contributed by atoms with Crippen molar-refractivity contribution in [1.29, 1.82) is 5.26 Å². The molecule has 6 heteroatoms. The summed E-state index contributed by atoms with van der Waals surface area (Å²) < 4.78 is 0. The number of hydrogen-bond donors (Lipinski definition) is 3. The van der Waals surface area contributed by atoms with Gasteiger partial charge in [0.1, 0.15) is 5.69 Å². The van der Waals surface area contributed by atoms with E-state index in [2.05, 4.69) is 45.1 Å². The molecule has 3 N–H and O–H groups in total. The first-order valence-corrected chi connectivity index (χ1v) is 10.9. The van der Waals surface area contributed by atoms with Gasteiger partial charge in [0, 0.05) is 22.3 Å². The van der Waals surface area contributed by atoms with Crippen molar-refractivity contribution in [1.82, 2.24) is 10.2 Å². The molecule has 0 bridgehead atoms. The molecule has 6 nitrogen and oxygen atoms in total. The van der Waals surface area contributed by atoms with E-state index < -0.39 is 0 Å². The van der Waals surface area contributed by atoms with Crippen LogP contribution < -0.4 is 10.6 Å². The highest BCUT2D eigenvalue weighted by Crippen LogP contribution is 2.36. The maximum absolute atomic E-state index is 11.7. The van der Waals surface area contributed by atoms with Gasteiger partial charge in [-0.2, -0.15) is 10.4 Å². The van der Waals surface area contributed by atoms with Crippen molar-refractivity contribution in [3.8, 4) is 17.3 Å². The van der Waals surface area contributed by atoms with Gasteiger partial charge in [-0.25, -0.2) is 0 Å². The molecule has 1 aromatic heterocycles. The summed E-state index contributed by atoms with van der Waals surface area (Å²) in [5.41, 5.74) is 9.01. The van der Waals surface area contributed by atoms with E-state index in [0.717, 1.165) is 63.9 Å². The molecule has 0 saturated heterocycles. The van der Waals surface area contributed by atoms with Crippen LogP contribution in [0.25, 0.3) is 22.2 Å². The molecule has 1 amide bonds. The topological polar surface area (TPSA) is 93.6 Å². The van der Waals surface area contributed by atoms with E-state index in [0.29, 0.717) is 6.42 Å². The second kappa shape index (κ2) is 7.24. The van der Waals surface area contributed by atoms with Crippen molar-refractivity contribution in [3.05, 3.63) is 76.9 Å². The number of aryl methyl sites for hydroxylation is 1. The Labute approximate surface area is 185 Å². The minimum atomic E-state index is 0.0326. The normalized spacial score (nSPS) is 16.8. The number of nitrogens with one attached hydrogen (secondary N) is 3. The molecule has 1 atom stereocenters. The van der Waals surface area contributed by atoms with E-state index in [4.69, 9.17) is 0 Å². The quantitative estimate of drug-likeness (QED) is 0.431. The molecule has 0 spiro atoms. The number of aromatic amines is 1. The molecule has 32 heavy (non-hydrogen) atoms. The SMILES string of the molecule is N#Cc1ccc2c(c1)CCC[C@@H]2Nc1ccc2[nH]nc(-c3ccc4c(c3)NC(=O)C4)c2c1. The lowest BCUT2D eigenvalue weighted by atomic mass is 9.86. The predicted molar refractivity (Wildman–Crippen MR) is 124 cm³/mol. The van der Waals surface area contributed by atoms with Crippen LogP contribution in [0.15, 0.2) is 54.6 Å². The fourth-order valence-corrected chi connectivity index (χ4v) is 4.92. The lowest BCUT2D eigenvalue weighted by molar-refractivity contribution is -0.115. The molecule has 1 aliphatic heterocycles. The number of amides is 1. The fourth-order valence-electron chi connectivity index (χ4n) is 4.92. The molecular formula is C26H21N5O. The molecule has 2 aliphatic rings. The number of fused-ring (bicyclic) bond motifs is 3. The molecule has 0 radical (unpaired) electrons. The highest BCUT2D eigenvalue weighted by Gasteiger charge is 2.22. The highest BCUT2D eigenvalue weighted by molar-refractivity contribution is 6.01. The lowest BCUT2D eigenvalue weighted by Crippen LogP contribution is -2.17. The van der Waals surface area contributed by atoms with Gasteiger partial charge in [0.25, 0.3) is 0 Å². The third kappa shape index (κ3) is 3.10. The van der Waals surface area contributed by atoms with Gasteiger partial charge in [-0.3, -0.25) is 9.89 Å². The van der Waals surface area contributed by atoms with E-state index in [9.17, 15) is 10.1 Å². The molecule has 3 aromatic carbocycles. The zero-order valence-electron chi connectivity index (χ0n) is 17.4. The van der Waals surface area contributed by atoms with E-state index in [1.54, 1.807) is 0 Å². The number of nitrogens with zero attached hydrogens (tertiary/aromatic N) is 2. The number of H-pyrrole nitrogens is 1. The zero-order valence-corrected chi connectivity index (χ0v) is 17.4. The third-order valence-electron chi connectivity index (χ3n) is 6.50. The molecule has 0 saturated carbocycles. The van der Waals surface area contributed by atoms with Crippen LogP contribution >= 0.6 is 0 Å². The predicted octanol–water partition coefficient (Wildman–Crippen LogP) is 5.09. The van der Waals surface area contributed by atoms with E-state index in [1.807, 2.05) is 36.4 Å². The van der Waals surface area contributed by atoms with Crippen molar-refractivity contribution in [3.63, 3.8) is 0 Å². The largest absolute Gasteiger partial charge is 0.378 e. The van der Waals surface area contributed by atoms with Crippen LogP contribution in [0.5, 0.6) is 0 Å². The smallest absolute Gasteiger partial charge is 0.228 e. The van der Waals surface area contributed by atoms with E-state index in [-0.39, 0.29) is 11.9 Å². The lowest BCUT2D eigenvalue weighted by Gasteiger charge is -2.27. The number of carbonyl (C=O) groups excluding carboxylic acids is 1. The number of hydrogen-bond acceptors (Lipinski definition) is 4. The third-order valence-corrected chi connectivity index (χ3v) is 6.50. The van der Waals surface area contributed by atoms with Crippen LogP contribution in [0, 0.1) is 11.3 Å². The summed E-state index contributed by atoms with van der Waals surface area (Å²) in [5, 5.41) is 24.6. The minimum Gasteiger partial charge on any atom is -0.378 e. The monoisotopic (exact) mass is 419 g/mol. The standard InChI is InChI=1S/C26H21N5O/c27-14-15-4-8-20-16(10-15)2-1-3-22(20)28-19-7-9-23-21(13-19)26(31-30-23)18-6-5-17-12-25(32)29-24(17)11-18/h4-11,13,22,28H,1-3,12H2,(H,29,32)(H,30,31)/t22-/m0/s1.